The van der Waals surface area contributed by atoms with Gasteiger partial charge in [0.25, 0.3) is 6.43 Å². The molecule has 1 aromatic rings. The van der Waals surface area contributed by atoms with E-state index in [2.05, 4.69) is 26.7 Å². The molecule has 1 saturated heterocycles. The lowest BCUT2D eigenvalue weighted by molar-refractivity contribution is 0.150. The van der Waals surface area contributed by atoms with E-state index in [1.54, 1.807) is 18.4 Å². The van der Waals surface area contributed by atoms with Crippen LogP contribution >= 0.6 is 35.3 Å². The second kappa shape index (κ2) is 8.60. The molecule has 1 aliphatic heterocycles. The van der Waals surface area contributed by atoms with Crippen molar-refractivity contribution in [2.45, 2.75) is 6.43 Å². The molecule has 20 heavy (non-hydrogen) atoms. The minimum atomic E-state index is -2.36. The molecule has 4 nitrogen and oxygen atoms in total. The van der Waals surface area contributed by atoms with Crippen LogP contribution in [0.1, 0.15) is 0 Å². The number of thiophene rings is 1. The summed E-state index contributed by atoms with van der Waals surface area (Å²) in [5, 5.41) is 6.02. The van der Waals surface area contributed by atoms with E-state index >= 15 is 0 Å². The number of rotatable bonds is 3. The summed E-state index contributed by atoms with van der Waals surface area (Å²) in [5.74, 6) is 0.561. The quantitative estimate of drug-likeness (QED) is 0.466. The number of aliphatic imine (C=N–C) groups is 1. The molecule has 0 aromatic carbocycles. The van der Waals surface area contributed by atoms with Gasteiger partial charge in [-0.05, 0) is 17.5 Å². The highest BCUT2D eigenvalue weighted by Crippen LogP contribution is 2.22. The fourth-order valence-corrected chi connectivity index (χ4v) is 2.87. The van der Waals surface area contributed by atoms with Crippen molar-refractivity contribution in [1.82, 2.24) is 10.2 Å². The average Bonchev–Trinajstić information content (AvgIpc) is 2.94. The predicted molar refractivity (Wildman–Crippen MR) is 90.9 cm³/mol. The van der Waals surface area contributed by atoms with Gasteiger partial charge in [0.1, 0.15) is 0 Å². The van der Waals surface area contributed by atoms with Crippen LogP contribution in [0.15, 0.2) is 22.5 Å². The van der Waals surface area contributed by atoms with Crippen LogP contribution in [0.4, 0.5) is 13.8 Å². The summed E-state index contributed by atoms with van der Waals surface area (Å²) in [7, 11) is 1.62. The fourth-order valence-electron chi connectivity index (χ4n) is 2.09. The lowest BCUT2D eigenvalue weighted by Gasteiger charge is -2.36. The summed E-state index contributed by atoms with van der Waals surface area (Å²) >= 11 is 1.72. The van der Waals surface area contributed by atoms with Crippen molar-refractivity contribution in [3.05, 3.63) is 17.5 Å². The zero-order valence-electron chi connectivity index (χ0n) is 11.3. The zero-order valence-corrected chi connectivity index (χ0v) is 14.4. The Balaban J connectivity index is 0.00000200. The van der Waals surface area contributed by atoms with E-state index in [0.29, 0.717) is 5.96 Å². The zero-order chi connectivity index (χ0) is 13.7. The van der Waals surface area contributed by atoms with E-state index in [1.807, 2.05) is 11.0 Å². The van der Waals surface area contributed by atoms with Crippen molar-refractivity contribution in [2.24, 2.45) is 4.99 Å². The Morgan fingerprint density at radius 1 is 1.40 bits per heavy atom. The molecule has 1 fully saturated rings. The molecule has 1 aliphatic rings. The Morgan fingerprint density at radius 3 is 2.60 bits per heavy atom. The fraction of sp³-hybridized carbons (Fsp3) is 0.583. The molecule has 1 N–H and O–H groups in total. The van der Waals surface area contributed by atoms with Crippen molar-refractivity contribution in [1.29, 1.82) is 0 Å². The van der Waals surface area contributed by atoms with Gasteiger partial charge in [-0.1, -0.05) is 0 Å². The topological polar surface area (TPSA) is 30.9 Å². The first-order valence-corrected chi connectivity index (χ1v) is 7.11. The van der Waals surface area contributed by atoms with Crippen molar-refractivity contribution in [3.63, 3.8) is 0 Å². The third-order valence-electron chi connectivity index (χ3n) is 3.02. The van der Waals surface area contributed by atoms with Crippen molar-refractivity contribution >= 4 is 46.3 Å². The molecule has 0 radical (unpaired) electrons. The molecular formula is C12H19F2IN4S. The molecule has 114 valence electrons. The number of piperazine rings is 1. The van der Waals surface area contributed by atoms with Crippen molar-refractivity contribution < 1.29 is 8.78 Å². The number of anilines is 1. The summed E-state index contributed by atoms with van der Waals surface area (Å²) in [4.78, 5) is 8.38. The number of alkyl halides is 2. The highest BCUT2D eigenvalue weighted by atomic mass is 127. The van der Waals surface area contributed by atoms with Crippen molar-refractivity contribution in [2.75, 3.05) is 44.7 Å². The van der Waals surface area contributed by atoms with Gasteiger partial charge >= 0.3 is 0 Å². The van der Waals surface area contributed by atoms with Crippen LogP contribution in [0, 0.1) is 0 Å². The van der Waals surface area contributed by atoms with Crippen LogP contribution in [0.5, 0.6) is 0 Å². The minimum Gasteiger partial charge on any atom is -0.360 e. The number of hydrogen-bond donors (Lipinski definition) is 1. The molecule has 8 heteroatoms. The van der Waals surface area contributed by atoms with Crippen LogP contribution in [0.3, 0.4) is 0 Å². The van der Waals surface area contributed by atoms with Crippen LogP contribution in [0.2, 0.25) is 0 Å². The molecule has 0 aliphatic carbocycles. The van der Waals surface area contributed by atoms with Crippen LogP contribution in [-0.2, 0) is 0 Å². The van der Waals surface area contributed by atoms with Gasteiger partial charge < -0.3 is 15.1 Å². The van der Waals surface area contributed by atoms with Gasteiger partial charge in [0.2, 0.25) is 0 Å². The second-order valence-corrected chi connectivity index (χ2v) is 5.17. The first kappa shape index (κ1) is 17.4. The first-order chi connectivity index (χ1) is 9.20. The normalized spacial score (nSPS) is 16.3. The molecule has 0 spiro atoms. The molecule has 0 amide bonds. The maximum Gasteiger partial charge on any atom is 0.255 e. The summed E-state index contributed by atoms with van der Waals surface area (Å²) in [6.07, 6.45) is -2.36. The molecule has 1 aromatic heterocycles. The monoisotopic (exact) mass is 416 g/mol. The SMILES string of the molecule is CN=C(NCC(F)F)N1CCN(c2cccs2)CC1.I. The minimum absolute atomic E-state index is 0. The summed E-state index contributed by atoms with van der Waals surface area (Å²) in [6.45, 7) is 3.01. The molecule has 0 unspecified atom stereocenters. The number of nitrogens with zero attached hydrogens (tertiary/aromatic N) is 3. The van der Waals surface area contributed by atoms with E-state index in [1.165, 1.54) is 5.00 Å². The third kappa shape index (κ3) is 4.72. The summed E-state index contributed by atoms with van der Waals surface area (Å²) < 4.78 is 24.4. The molecule has 0 saturated carbocycles. The molecule has 2 heterocycles. The van der Waals surface area contributed by atoms with E-state index < -0.39 is 6.43 Å². The Kier molecular flexibility index (Phi) is 7.49. The van der Waals surface area contributed by atoms with Gasteiger partial charge in [-0.2, -0.15) is 0 Å². The van der Waals surface area contributed by atoms with E-state index in [4.69, 9.17) is 0 Å². The summed E-state index contributed by atoms with van der Waals surface area (Å²) in [6, 6.07) is 4.14. The maximum atomic E-state index is 12.2. The smallest absolute Gasteiger partial charge is 0.255 e. The van der Waals surface area contributed by atoms with Gasteiger partial charge in [0.05, 0.1) is 11.5 Å². The van der Waals surface area contributed by atoms with E-state index in [0.717, 1.165) is 26.2 Å². The van der Waals surface area contributed by atoms with Crippen LogP contribution < -0.4 is 10.2 Å². The number of nitrogens with one attached hydrogen (secondary N) is 1. The molecule has 2 rings (SSSR count). The maximum absolute atomic E-state index is 12.2. The van der Waals surface area contributed by atoms with E-state index in [9.17, 15) is 8.78 Å². The Hall–Kier alpha value is -0.640. The number of hydrogen-bond acceptors (Lipinski definition) is 3. The Morgan fingerprint density at radius 2 is 2.10 bits per heavy atom. The summed E-state index contributed by atoms with van der Waals surface area (Å²) in [5.41, 5.74) is 0. The number of guanidine groups is 1. The van der Waals surface area contributed by atoms with E-state index in [-0.39, 0.29) is 30.5 Å². The predicted octanol–water partition coefficient (Wildman–Crippen LogP) is 2.33. The second-order valence-electron chi connectivity index (χ2n) is 4.24. The lowest BCUT2D eigenvalue weighted by atomic mass is 10.3. The third-order valence-corrected chi connectivity index (χ3v) is 3.95. The van der Waals surface area contributed by atoms with Gasteiger partial charge in [0, 0.05) is 33.2 Å². The largest absolute Gasteiger partial charge is 0.360 e. The molecule has 0 atom stereocenters. The van der Waals surface area contributed by atoms with Gasteiger partial charge in [-0.3, -0.25) is 4.99 Å². The van der Waals surface area contributed by atoms with Crippen LogP contribution in [0.25, 0.3) is 0 Å². The number of halogens is 3. The van der Waals surface area contributed by atoms with Crippen LogP contribution in [-0.4, -0.2) is 57.1 Å². The molecule has 0 bridgehead atoms. The van der Waals surface area contributed by atoms with Gasteiger partial charge in [0.15, 0.2) is 5.96 Å². The Labute approximate surface area is 138 Å². The first-order valence-electron chi connectivity index (χ1n) is 6.23. The van der Waals surface area contributed by atoms with Gasteiger partial charge in [-0.25, -0.2) is 8.78 Å². The highest BCUT2D eigenvalue weighted by molar-refractivity contribution is 14.0. The Bertz CT molecular complexity index is 406. The highest BCUT2D eigenvalue weighted by Gasteiger charge is 2.20. The average molecular weight is 416 g/mol. The lowest BCUT2D eigenvalue weighted by Crippen LogP contribution is -2.53. The van der Waals surface area contributed by atoms with Crippen molar-refractivity contribution in [3.8, 4) is 0 Å². The van der Waals surface area contributed by atoms with Gasteiger partial charge in [-0.15, -0.1) is 35.3 Å². The standard InChI is InChI=1S/C12H18F2N4S.HI/c1-15-12(16-9-10(13)14)18-6-4-17(5-7-18)11-3-2-8-19-11;/h2-3,8,10H,4-7,9H2,1H3,(H,15,16);1H. The molecular weight excluding hydrogens is 397 g/mol.